The second-order valence-electron chi connectivity index (χ2n) is 4.61. The van der Waals surface area contributed by atoms with Crippen LogP contribution in [0.25, 0.3) is 0 Å². The topological polar surface area (TPSA) is 95.7 Å². The van der Waals surface area contributed by atoms with E-state index in [-0.39, 0.29) is 0 Å². The summed E-state index contributed by atoms with van der Waals surface area (Å²) in [4.78, 5) is 4.25. The number of hydrogen-bond donors (Lipinski definition) is 1. The van der Waals surface area contributed by atoms with Crippen LogP contribution in [0.4, 0.5) is 0 Å². The van der Waals surface area contributed by atoms with E-state index in [4.69, 9.17) is 10.3 Å². The van der Waals surface area contributed by atoms with E-state index in [1.807, 2.05) is 32.4 Å². The van der Waals surface area contributed by atoms with Crippen molar-refractivity contribution in [3.63, 3.8) is 0 Å². The van der Waals surface area contributed by atoms with Gasteiger partial charge in [-0.25, -0.2) is 0 Å². The number of nitrogens with two attached hydrogens (primary N) is 1. The number of rotatable bonds is 4. The fourth-order valence-corrected chi connectivity index (χ4v) is 2.01. The van der Waals surface area contributed by atoms with Gasteiger partial charge in [0.05, 0.1) is 11.3 Å². The van der Waals surface area contributed by atoms with Gasteiger partial charge in [-0.15, -0.1) is 10.2 Å². The first-order valence-electron chi connectivity index (χ1n) is 5.48. The SMILES string of the molecule is Cc1nnc(SCc2nc(C(C)(C)N)no2)n1C. The molecule has 0 fully saturated rings. The van der Waals surface area contributed by atoms with E-state index in [9.17, 15) is 0 Å². The molecule has 0 aliphatic carbocycles. The maximum atomic E-state index is 5.89. The van der Waals surface area contributed by atoms with Gasteiger partial charge in [-0.3, -0.25) is 0 Å². The number of thioether (sulfide) groups is 1. The minimum atomic E-state index is -0.590. The smallest absolute Gasteiger partial charge is 0.237 e. The Hall–Kier alpha value is -1.41. The Morgan fingerprint density at radius 3 is 2.61 bits per heavy atom. The summed E-state index contributed by atoms with van der Waals surface area (Å²) in [5, 5.41) is 12.7. The lowest BCUT2D eigenvalue weighted by Gasteiger charge is -2.11. The van der Waals surface area contributed by atoms with Crippen LogP contribution in [-0.4, -0.2) is 24.9 Å². The van der Waals surface area contributed by atoms with E-state index in [2.05, 4.69) is 20.3 Å². The highest BCUT2D eigenvalue weighted by Crippen LogP contribution is 2.21. The molecule has 0 unspecified atom stereocenters. The summed E-state index contributed by atoms with van der Waals surface area (Å²) >= 11 is 1.50. The molecule has 0 saturated carbocycles. The van der Waals surface area contributed by atoms with E-state index in [0.717, 1.165) is 11.0 Å². The summed E-state index contributed by atoms with van der Waals surface area (Å²) in [5.74, 6) is 2.46. The lowest BCUT2D eigenvalue weighted by molar-refractivity contribution is 0.369. The zero-order chi connectivity index (χ0) is 13.3. The lowest BCUT2D eigenvalue weighted by atomic mass is 10.1. The molecule has 0 aromatic carbocycles. The van der Waals surface area contributed by atoms with E-state index in [0.29, 0.717) is 17.5 Å². The second kappa shape index (κ2) is 4.69. The van der Waals surface area contributed by atoms with Gasteiger partial charge in [-0.05, 0) is 20.8 Å². The first kappa shape index (κ1) is 13.0. The third-order valence-electron chi connectivity index (χ3n) is 2.42. The highest BCUT2D eigenvalue weighted by molar-refractivity contribution is 7.98. The molecule has 2 aromatic rings. The Balaban J connectivity index is 2.03. The minimum Gasteiger partial charge on any atom is -0.338 e. The van der Waals surface area contributed by atoms with Crippen LogP contribution < -0.4 is 5.73 Å². The standard InChI is InChI=1S/C10H16N6OS/c1-6-13-14-9(16(6)4)18-5-7-12-8(15-17-7)10(2,3)11/h5,11H2,1-4H3. The molecule has 0 saturated heterocycles. The van der Waals surface area contributed by atoms with Gasteiger partial charge in [-0.2, -0.15) is 4.98 Å². The van der Waals surface area contributed by atoms with Gasteiger partial charge in [0, 0.05) is 7.05 Å². The molecular weight excluding hydrogens is 252 g/mol. The van der Waals surface area contributed by atoms with Crippen molar-refractivity contribution in [1.29, 1.82) is 0 Å². The molecule has 0 atom stereocenters. The summed E-state index contributed by atoms with van der Waals surface area (Å²) in [6.45, 7) is 5.57. The van der Waals surface area contributed by atoms with Crippen molar-refractivity contribution in [3.8, 4) is 0 Å². The maximum absolute atomic E-state index is 5.89. The van der Waals surface area contributed by atoms with Crippen LogP contribution in [0.2, 0.25) is 0 Å². The predicted molar refractivity (Wildman–Crippen MR) is 66.8 cm³/mol. The summed E-state index contributed by atoms with van der Waals surface area (Å²) in [6.07, 6.45) is 0. The molecular formula is C10H16N6OS. The number of hydrogen-bond acceptors (Lipinski definition) is 7. The third-order valence-corrected chi connectivity index (χ3v) is 3.43. The van der Waals surface area contributed by atoms with Gasteiger partial charge in [0.25, 0.3) is 0 Å². The molecule has 0 aliphatic heterocycles. The summed E-state index contributed by atoms with van der Waals surface area (Å²) in [6, 6.07) is 0. The monoisotopic (exact) mass is 268 g/mol. The molecule has 0 bridgehead atoms. The number of nitrogens with zero attached hydrogens (tertiary/aromatic N) is 5. The zero-order valence-electron chi connectivity index (χ0n) is 10.8. The Morgan fingerprint density at radius 2 is 2.11 bits per heavy atom. The largest absolute Gasteiger partial charge is 0.338 e. The normalized spacial score (nSPS) is 12.1. The molecule has 2 heterocycles. The highest BCUT2D eigenvalue weighted by Gasteiger charge is 2.21. The van der Waals surface area contributed by atoms with Gasteiger partial charge in [0.1, 0.15) is 5.82 Å². The molecule has 2 aromatic heterocycles. The molecule has 2 rings (SSSR count). The quantitative estimate of drug-likeness (QED) is 0.826. The van der Waals surface area contributed by atoms with E-state index < -0.39 is 5.54 Å². The number of aromatic nitrogens is 5. The van der Waals surface area contributed by atoms with Crippen molar-refractivity contribution >= 4 is 11.8 Å². The zero-order valence-corrected chi connectivity index (χ0v) is 11.7. The van der Waals surface area contributed by atoms with Gasteiger partial charge in [0.15, 0.2) is 11.0 Å². The average Bonchev–Trinajstić information content (AvgIpc) is 2.86. The van der Waals surface area contributed by atoms with Crippen LogP contribution in [0.1, 0.15) is 31.4 Å². The first-order chi connectivity index (χ1) is 8.38. The first-order valence-corrected chi connectivity index (χ1v) is 6.47. The van der Waals surface area contributed by atoms with E-state index in [1.54, 1.807) is 0 Å². The molecule has 8 heteroatoms. The van der Waals surface area contributed by atoms with Crippen LogP contribution >= 0.6 is 11.8 Å². The lowest BCUT2D eigenvalue weighted by Crippen LogP contribution is -2.30. The molecule has 0 radical (unpaired) electrons. The van der Waals surface area contributed by atoms with Crippen LogP contribution in [0.3, 0.4) is 0 Å². The average molecular weight is 268 g/mol. The van der Waals surface area contributed by atoms with E-state index >= 15 is 0 Å². The van der Waals surface area contributed by atoms with Crippen molar-refractivity contribution in [2.75, 3.05) is 0 Å². The molecule has 18 heavy (non-hydrogen) atoms. The Kier molecular flexibility index (Phi) is 3.40. The summed E-state index contributed by atoms with van der Waals surface area (Å²) in [7, 11) is 1.92. The second-order valence-corrected chi connectivity index (χ2v) is 5.55. The van der Waals surface area contributed by atoms with Crippen LogP contribution in [0.15, 0.2) is 9.68 Å². The molecule has 98 valence electrons. The minimum absolute atomic E-state index is 0.507. The Morgan fingerprint density at radius 1 is 1.39 bits per heavy atom. The third kappa shape index (κ3) is 2.70. The molecule has 7 nitrogen and oxygen atoms in total. The van der Waals surface area contributed by atoms with Crippen molar-refractivity contribution in [2.24, 2.45) is 12.8 Å². The van der Waals surface area contributed by atoms with Crippen molar-refractivity contribution in [3.05, 3.63) is 17.5 Å². The molecule has 0 spiro atoms. The highest BCUT2D eigenvalue weighted by atomic mass is 32.2. The summed E-state index contributed by atoms with van der Waals surface area (Å²) < 4.78 is 7.05. The van der Waals surface area contributed by atoms with Gasteiger partial charge < -0.3 is 14.8 Å². The van der Waals surface area contributed by atoms with Gasteiger partial charge >= 0.3 is 0 Å². The number of aryl methyl sites for hydroxylation is 1. The van der Waals surface area contributed by atoms with Crippen molar-refractivity contribution in [1.82, 2.24) is 24.9 Å². The van der Waals surface area contributed by atoms with E-state index in [1.165, 1.54) is 11.8 Å². The van der Waals surface area contributed by atoms with Crippen molar-refractivity contribution < 1.29 is 4.52 Å². The Labute approximate surface area is 109 Å². The van der Waals surface area contributed by atoms with Crippen LogP contribution in [-0.2, 0) is 18.3 Å². The molecule has 0 amide bonds. The molecule has 2 N–H and O–H groups in total. The predicted octanol–water partition coefficient (Wildman–Crippen LogP) is 0.993. The molecule has 0 aliphatic rings. The van der Waals surface area contributed by atoms with Gasteiger partial charge in [0.2, 0.25) is 5.89 Å². The fourth-order valence-electron chi connectivity index (χ4n) is 1.21. The van der Waals surface area contributed by atoms with Crippen LogP contribution in [0.5, 0.6) is 0 Å². The summed E-state index contributed by atoms with van der Waals surface area (Å²) in [5.41, 5.74) is 5.30. The maximum Gasteiger partial charge on any atom is 0.237 e. The van der Waals surface area contributed by atoms with Crippen LogP contribution in [0, 0.1) is 6.92 Å². The fraction of sp³-hybridized carbons (Fsp3) is 0.600. The Bertz CT molecular complexity index is 541. The van der Waals surface area contributed by atoms with Crippen molar-refractivity contribution in [2.45, 2.75) is 37.2 Å². The van der Waals surface area contributed by atoms with Gasteiger partial charge in [-0.1, -0.05) is 16.9 Å².